The molecule has 3 rings (SSSR count). The predicted molar refractivity (Wildman–Crippen MR) is 95.5 cm³/mol. The van der Waals surface area contributed by atoms with Crippen LogP contribution in [0.15, 0.2) is 23.1 Å². The number of rotatable bonds is 5. The number of hydrogen-bond donors (Lipinski definition) is 3. The second-order valence-corrected chi connectivity index (χ2v) is 7.86. The highest BCUT2D eigenvalue weighted by Gasteiger charge is 2.28. The minimum absolute atomic E-state index is 0.0775. The normalized spacial score (nSPS) is 15.7. The number of fused-ring (bicyclic) bond motifs is 1. The molecule has 7 nitrogen and oxygen atoms in total. The number of nitrogens with zero attached hydrogens (tertiary/aromatic N) is 1. The maximum atomic E-state index is 12.1. The van der Waals surface area contributed by atoms with Gasteiger partial charge >= 0.3 is 0 Å². The molecule has 4 N–H and O–H groups in total. The molecule has 0 amide bonds. The van der Waals surface area contributed by atoms with Crippen LogP contribution in [-0.2, 0) is 10.2 Å². The van der Waals surface area contributed by atoms with Gasteiger partial charge in [-0.1, -0.05) is 0 Å². The van der Waals surface area contributed by atoms with Crippen molar-refractivity contribution in [2.45, 2.75) is 20.3 Å². The summed E-state index contributed by atoms with van der Waals surface area (Å²) >= 11 is 0. The molecule has 1 fully saturated rings. The lowest BCUT2D eigenvalue weighted by Gasteiger charge is -2.41. The maximum absolute atomic E-state index is 12.1. The number of hydrogen-bond acceptors (Lipinski definition) is 4. The molecule has 1 saturated heterocycles. The second kappa shape index (κ2) is 6.19. The molecule has 2 aromatic rings. The van der Waals surface area contributed by atoms with Gasteiger partial charge in [0.05, 0.1) is 5.69 Å². The lowest BCUT2D eigenvalue weighted by Crippen LogP contribution is -2.48. The fourth-order valence-corrected chi connectivity index (χ4v) is 3.52. The molecular weight excluding hydrogens is 328 g/mol. The SMILES string of the molecule is Cc1cc2c(N3CC(CCNS(N)(=O)=O)C3)c[nH]c(=O)c2cc1C. The third-order valence-corrected chi connectivity index (χ3v) is 5.25. The highest BCUT2D eigenvalue weighted by Crippen LogP contribution is 2.32. The summed E-state index contributed by atoms with van der Waals surface area (Å²) in [4.78, 5) is 17.1. The Balaban J connectivity index is 1.74. The van der Waals surface area contributed by atoms with Gasteiger partial charge in [-0.2, -0.15) is 8.42 Å². The first-order valence-electron chi connectivity index (χ1n) is 7.89. The topological polar surface area (TPSA) is 108 Å². The first-order chi connectivity index (χ1) is 11.2. The summed E-state index contributed by atoms with van der Waals surface area (Å²) in [6, 6.07) is 3.99. The van der Waals surface area contributed by atoms with Gasteiger partial charge in [-0.3, -0.25) is 4.79 Å². The van der Waals surface area contributed by atoms with Crippen LogP contribution in [0.4, 0.5) is 5.69 Å². The van der Waals surface area contributed by atoms with Crippen LogP contribution in [0.3, 0.4) is 0 Å². The van der Waals surface area contributed by atoms with Gasteiger partial charge in [0.2, 0.25) is 0 Å². The summed E-state index contributed by atoms with van der Waals surface area (Å²) in [7, 11) is -3.62. The molecule has 0 aliphatic carbocycles. The zero-order valence-electron chi connectivity index (χ0n) is 13.8. The van der Waals surface area contributed by atoms with Crippen molar-refractivity contribution in [1.82, 2.24) is 9.71 Å². The molecule has 24 heavy (non-hydrogen) atoms. The molecule has 0 saturated carbocycles. The summed E-state index contributed by atoms with van der Waals surface area (Å²) in [5, 5.41) is 6.58. The molecule has 1 aromatic carbocycles. The van der Waals surface area contributed by atoms with Crippen molar-refractivity contribution in [3.63, 3.8) is 0 Å². The third-order valence-electron chi connectivity index (χ3n) is 4.65. The molecule has 0 radical (unpaired) electrons. The number of nitrogens with one attached hydrogen (secondary N) is 2. The molecule has 2 heterocycles. The van der Waals surface area contributed by atoms with Gasteiger partial charge in [-0.25, -0.2) is 9.86 Å². The van der Waals surface area contributed by atoms with Gasteiger partial charge in [0.1, 0.15) is 0 Å². The smallest absolute Gasteiger partial charge is 0.274 e. The summed E-state index contributed by atoms with van der Waals surface area (Å²) < 4.78 is 24.0. The Morgan fingerprint density at radius 1 is 1.25 bits per heavy atom. The average Bonchev–Trinajstić information content (AvgIpc) is 2.44. The van der Waals surface area contributed by atoms with E-state index in [4.69, 9.17) is 5.14 Å². The molecule has 0 spiro atoms. The van der Waals surface area contributed by atoms with E-state index in [0.717, 1.165) is 41.7 Å². The lowest BCUT2D eigenvalue weighted by molar-refractivity contribution is 0.385. The molecule has 0 bridgehead atoms. The van der Waals surface area contributed by atoms with E-state index in [1.165, 1.54) is 0 Å². The summed E-state index contributed by atoms with van der Waals surface area (Å²) in [6.07, 6.45) is 2.50. The maximum Gasteiger partial charge on any atom is 0.274 e. The van der Waals surface area contributed by atoms with E-state index in [1.807, 2.05) is 19.9 Å². The third kappa shape index (κ3) is 3.45. The Labute approximate surface area is 141 Å². The van der Waals surface area contributed by atoms with Crippen LogP contribution >= 0.6 is 0 Å². The molecular formula is C16H22N4O3S. The second-order valence-electron chi connectivity index (χ2n) is 6.48. The quantitative estimate of drug-likeness (QED) is 0.740. The zero-order valence-corrected chi connectivity index (χ0v) is 14.6. The highest BCUT2D eigenvalue weighted by atomic mass is 32.2. The number of aryl methyl sites for hydroxylation is 2. The fourth-order valence-electron chi connectivity index (χ4n) is 3.12. The fraction of sp³-hybridized carbons (Fsp3) is 0.438. The molecule has 0 atom stereocenters. The first-order valence-corrected chi connectivity index (χ1v) is 9.44. The van der Waals surface area contributed by atoms with E-state index < -0.39 is 10.2 Å². The van der Waals surface area contributed by atoms with Crippen molar-refractivity contribution < 1.29 is 8.42 Å². The number of aromatic amines is 1. The van der Waals surface area contributed by atoms with Gasteiger partial charge in [-0.05, 0) is 49.4 Å². The Bertz CT molecular complexity index is 930. The number of nitrogens with two attached hydrogens (primary N) is 1. The molecule has 1 aliphatic rings. The van der Waals surface area contributed by atoms with Gasteiger partial charge in [-0.15, -0.1) is 0 Å². The van der Waals surface area contributed by atoms with Crippen molar-refractivity contribution in [1.29, 1.82) is 0 Å². The summed E-state index contributed by atoms with van der Waals surface area (Å²) in [5.74, 6) is 0.410. The van der Waals surface area contributed by atoms with Gasteiger partial charge < -0.3 is 9.88 Å². The van der Waals surface area contributed by atoms with Gasteiger partial charge in [0.15, 0.2) is 0 Å². The Hall–Kier alpha value is -1.90. The van der Waals surface area contributed by atoms with Crippen molar-refractivity contribution in [2.24, 2.45) is 11.1 Å². The number of H-pyrrole nitrogens is 1. The van der Waals surface area contributed by atoms with Crippen molar-refractivity contribution in [3.8, 4) is 0 Å². The highest BCUT2D eigenvalue weighted by molar-refractivity contribution is 7.87. The zero-order chi connectivity index (χ0) is 17.5. The van der Waals surface area contributed by atoms with E-state index >= 15 is 0 Å². The first kappa shape index (κ1) is 16.9. The number of anilines is 1. The Morgan fingerprint density at radius 2 is 1.88 bits per heavy atom. The number of benzene rings is 1. The van der Waals surface area contributed by atoms with Crippen molar-refractivity contribution >= 4 is 26.7 Å². The van der Waals surface area contributed by atoms with Gasteiger partial charge in [0.25, 0.3) is 15.8 Å². The van der Waals surface area contributed by atoms with Gasteiger partial charge in [0, 0.05) is 36.6 Å². The van der Waals surface area contributed by atoms with Crippen LogP contribution in [0.5, 0.6) is 0 Å². The van der Waals surface area contributed by atoms with E-state index in [9.17, 15) is 13.2 Å². The monoisotopic (exact) mass is 350 g/mol. The molecule has 130 valence electrons. The van der Waals surface area contributed by atoms with Crippen LogP contribution < -0.4 is 20.3 Å². The molecule has 8 heteroatoms. The van der Waals surface area contributed by atoms with Crippen molar-refractivity contribution in [2.75, 3.05) is 24.5 Å². The molecule has 1 aromatic heterocycles. The number of aromatic nitrogens is 1. The summed E-state index contributed by atoms with van der Waals surface area (Å²) in [6.45, 7) is 6.05. The van der Waals surface area contributed by atoms with Crippen LogP contribution in [0.1, 0.15) is 17.5 Å². The van der Waals surface area contributed by atoms with E-state index in [0.29, 0.717) is 17.8 Å². The molecule has 1 aliphatic heterocycles. The summed E-state index contributed by atoms with van der Waals surface area (Å²) in [5.41, 5.74) is 3.19. The average molecular weight is 350 g/mol. The van der Waals surface area contributed by atoms with E-state index in [-0.39, 0.29) is 5.56 Å². The Morgan fingerprint density at radius 3 is 2.50 bits per heavy atom. The lowest BCUT2D eigenvalue weighted by atomic mass is 9.94. The van der Waals surface area contributed by atoms with Crippen LogP contribution in [-0.4, -0.2) is 33.0 Å². The van der Waals surface area contributed by atoms with Crippen LogP contribution in [0, 0.1) is 19.8 Å². The number of pyridine rings is 1. The minimum Gasteiger partial charge on any atom is -0.369 e. The largest absolute Gasteiger partial charge is 0.369 e. The van der Waals surface area contributed by atoms with Crippen molar-refractivity contribution in [3.05, 3.63) is 39.8 Å². The minimum atomic E-state index is -3.62. The van der Waals surface area contributed by atoms with Crippen LogP contribution in [0.2, 0.25) is 0 Å². The molecule has 0 unspecified atom stereocenters. The Kier molecular flexibility index (Phi) is 4.37. The van der Waals surface area contributed by atoms with E-state index in [2.05, 4.69) is 20.7 Å². The predicted octanol–water partition coefficient (Wildman–Crippen LogP) is 0.764. The van der Waals surface area contributed by atoms with Crippen LogP contribution in [0.25, 0.3) is 10.8 Å². The van der Waals surface area contributed by atoms with E-state index in [1.54, 1.807) is 6.20 Å². The standard InChI is InChI=1S/C16H22N4O3S/c1-10-5-13-14(6-11(10)2)16(21)18-7-15(13)20-8-12(9-20)3-4-19-24(17,22)23/h5-7,12,19H,3-4,8-9H2,1-2H3,(H,18,21)(H2,17,22,23).